The third kappa shape index (κ3) is 1.66. The molecule has 2 heterocycles. The molecule has 2 rings (SSSR count). The molecule has 0 aliphatic carbocycles. The summed E-state index contributed by atoms with van der Waals surface area (Å²) in [5.41, 5.74) is 0.677. The van der Waals surface area contributed by atoms with Crippen molar-refractivity contribution >= 4 is 22.9 Å². The molecule has 0 bridgehead atoms. The quantitative estimate of drug-likeness (QED) is 0.874. The Bertz CT molecular complexity index is 397. The van der Waals surface area contributed by atoms with Crippen molar-refractivity contribution in [3.05, 3.63) is 33.5 Å². The fourth-order valence-corrected chi connectivity index (χ4v) is 2.57. The lowest BCUT2D eigenvalue weighted by Gasteiger charge is -2.07. The topological polar surface area (TPSA) is 42.4 Å². The molecule has 2 aromatic heterocycles. The first kappa shape index (κ1) is 9.64. The minimum atomic E-state index is -0.670. The van der Waals surface area contributed by atoms with Crippen LogP contribution in [0.5, 0.6) is 5.75 Å². The highest BCUT2D eigenvalue weighted by Crippen LogP contribution is 2.34. The van der Waals surface area contributed by atoms with Crippen LogP contribution in [0.15, 0.2) is 22.9 Å². The zero-order chi connectivity index (χ0) is 9.97. The summed E-state index contributed by atoms with van der Waals surface area (Å²) in [5.74, 6) is 0.718. The molecule has 2 aromatic rings. The van der Waals surface area contributed by atoms with Crippen LogP contribution < -0.4 is 4.74 Å². The van der Waals surface area contributed by atoms with Crippen LogP contribution in [0.3, 0.4) is 0 Å². The Morgan fingerprint density at radius 1 is 1.43 bits per heavy atom. The SMILES string of the molecule is COc1ccsc1C(O)c1ccsn1. The maximum absolute atomic E-state index is 9.96. The average molecular weight is 227 g/mol. The summed E-state index contributed by atoms with van der Waals surface area (Å²) < 4.78 is 9.22. The Morgan fingerprint density at radius 3 is 2.93 bits per heavy atom. The molecular formula is C9H9NO2S2. The fourth-order valence-electron chi connectivity index (χ4n) is 1.17. The number of aromatic nitrogens is 1. The van der Waals surface area contributed by atoms with Crippen LogP contribution >= 0.6 is 22.9 Å². The van der Waals surface area contributed by atoms with Crippen molar-refractivity contribution in [2.45, 2.75) is 6.10 Å². The molecule has 5 heteroatoms. The normalized spacial score (nSPS) is 12.7. The summed E-state index contributed by atoms with van der Waals surface area (Å²) in [6.07, 6.45) is -0.670. The first-order chi connectivity index (χ1) is 6.83. The van der Waals surface area contributed by atoms with Crippen LogP contribution in [0.25, 0.3) is 0 Å². The number of hydrogen-bond acceptors (Lipinski definition) is 5. The summed E-state index contributed by atoms with van der Waals surface area (Å²) in [5, 5.41) is 13.7. The highest BCUT2D eigenvalue weighted by Gasteiger charge is 2.18. The van der Waals surface area contributed by atoms with E-state index < -0.39 is 6.10 Å². The second kappa shape index (κ2) is 4.08. The van der Waals surface area contributed by atoms with Crippen molar-refractivity contribution in [1.29, 1.82) is 0 Å². The molecular weight excluding hydrogens is 218 g/mol. The first-order valence-electron chi connectivity index (χ1n) is 4.02. The maximum atomic E-state index is 9.96. The zero-order valence-electron chi connectivity index (χ0n) is 7.51. The van der Waals surface area contributed by atoms with Gasteiger partial charge in [0.1, 0.15) is 11.9 Å². The van der Waals surface area contributed by atoms with E-state index in [9.17, 15) is 5.11 Å². The smallest absolute Gasteiger partial charge is 0.135 e. The second-order valence-corrected chi connectivity index (χ2v) is 4.29. The molecule has 0 saturated carbocycles. The first-order valence-corrected chi connectivity index (χ1v) is 5.74. The summed E-state index contributed by atoms with van der Waals surface area (Å²) in [7, 11) is 1.60. The predicted octanol–water partition coefficient (Wildman–Crippen LogP) is 2.29. The Hall–Kier alpha value is -0.910. The van der Waals surface area contributed by atoms with Gasteiger partial charge in [-0.05, 0) is 29.0 Å². The van der Waals surface area contributed by atoms with Crippen molar-refractivity contribution in [2.75, 3.05) is 7.11 Å². The van der Waals surface area contributed by atoms with E-state index in [1.165, 1.54) is 22.9 Å². The highest BCUT2D eigenvalue weighted by atomic mass is 32.1. The van der Waals surface area contributed by atoms with Gasteiger partial charge in [0, 0.05) is 5.38 Å². The minimum absolute atomic E-state index is 0.670. The molecule has 1 unspecified atom stereocenters. The molecule has 1 N–H and O–H groups in total. The number of aliphatic hydroxyl groups excluding tert-OH is 1. The van der Waals surface area contributed by atoms with Gasteiger partial charge in [0.25, 0.3) is 0 Å². The van der Waals surface area contributed by atoms with Crippen LogP contribution in [0.4, 0.5) is 0 Å². The van der Waals surface area contributed by atoms with Crippen molar-refractivity contribution in [2.24, 2.45) is 0 Å². The molecule has 3 nitrogen and oxygen atoms in total. The molecule has 0 aliphatic rings. The van der Waals surface area contributed by atoms with Gasteiger partial charge in [-0.3, -0.25) is 0 Å². The summed E-state index contributed by atoms with van der Waals surface area (Å²) in [4.78, 5) is 0.804. The van der Waals surface area contributed by atoms with Gasteiger partial charge in [-0.2, -0.15) is 4.37 Å². The van der Waals surface area contributed by atoms with Gasteiger partial charge in [-0.15, -0.1) is 11.3 Å². The van der Waals surface area contributed by atoms with E-state index in [0.717, 1.165) is 10.6 Å². The zero-order valence-corrected chi connectivity index (χ0v) is 9.14. The minimum Gasteiger partial charge on any atom is -0.495 e. The third-order valence-corrected chi connectivity index (χ3v) is 3.39. The van der Waals surface area contributed by atoms with Gasteiger partial charge in [0.15, 0.2) is 0 Å². The lowest BCUT2D eigenvalue weighted by atomic mass is 10.2. The number of thiophene rings is 1. The van der Waals surface area contributed by atoms with Crippen molar-refractivity contribution < 1.29 is 9.84 Å². The molecule has 0 spiro atoms. The largest absolute Gasteiger partial charge is 0.495 e. The Balaban J connectivity index is 2.31. The number of aliphatic hydroxyl groups is 1. The monoisotopic (exact) mass is 227 g/mol. The highest BCUT2D eigenvalue weighted by molar-refractivity contribution is 7.10. The standard InChI is InChI=1S/C9H9NO2S2/c1-12-7-3-4-13-9(7)8(11)6-2-5-14-10-6/h2-5,8,11H,1H3. The Kier molecular flexibility index (Phi) is 2.81. The van der Waals surface area contributed by atoms with E-state index in [2.05, 4.69) is 4.37 Å². The number of nitrogens with zero attached hydrogens (tertiary/aromatic N) is 1. The van der Waals surface area contributed by atoms with Crippen LogP contribution in [-0.4, -0.2) is 16.6 Å². The van der Waals surface area contributed by atoms with Crippen LogP contribution in [0.2, 0.25) is 0 Å². The molecule has 0 aromatic carbocycles. The predicted molar refractivity (Wildman–Crippen MR) is 57.0 cm³/mol. The number of rotatable bonds is 3. The molecule has 0 amide bonds. The van der Waals surface area contributed by atoms with E-state index in [-0.39, 0.29) is 0 Å². The lowest BCUT2D eigenvalue weighted by Crippen LogP contribution is -1.98. The van der Waals surface area contributed by atoms with E-state index in [1.807, 2.05) is 22.9 Å². The van der Waals surface area contributed by atoms with Gasteiger partial charge in [0.05, 0.1) is 17.7 Å². The number of ether oxygens (including phenoxy) is 1. The van der Waals surface area contributed by atoms with E-state index >= 15 is 0 Å². The number of methoxy groups -OCH3 is 1. The van der Waals surface area contributed by atoms with Crippen LogP contribution in [-0.2, 0) is 0 Å². The lowest BCUT2D eigenvalue weighted by molar-refractivity contribution is 0.215. The van der Waals surface area contributed by atoms with E-state index in [4.69, 9.17) is 4.74 Å². The third-order valence-electron chi connectivity index (χ3n) is 1.86. The summed E-state index contributed by atoms with van der Waals surface area (Å²) >= 11 is 2.80. The second-order valence-electron chi connectivity index (χ2n) is 2.68. The molecule has 0 saturated heterocycles. The van der Waals surface area contributed by atoms with Crippen LogP contribution in [0, 0.1) is 0 Å². The van der Waals surface area contributed by atoms with Crippen molar-refractivity contribution in [3.63, 3.8) is 0 Å². The van der Waals surface area contributed by atoms with E-state index in [1.54, 1.807) is 7.11 Å². The Labute approximate surface area is 89.8 Å². The Morgan fingerprint density at radius 2 is 2.29 bits per heavy atom. The summed E-state index contributed by atoms with van der Waals surface area (Å²) in [6.45, 7) is 0. The van der Waals surface area contributed by atoms with Gasteiger partial charge < -0.3 is 9.84 Å². The van der Waals surface area contributed by atoms with Crippen molar-refractivity contribution in [1.82, 2.24) is 4.37 Å². The molecule has 0 fully saturated rings. The average Bonchev–Trinajstić information content (AvgIpc) is 2.87. The maximum Gasteiger partial charge on any atom is 0.135 e. The summed E-state index contributed by atoms with van der Waals surface area (Å²) in [6, 6.07) is 3.66. The number of hydrogen-bond donors (Lipinski definition) is 1. The van der Waals surface area contributed by atoms with Gasteiger partial charge in [0.2, 0.25) is 0 Å². The molecule has 0 radical (unpaired) electrons. The van der Waals surface area contributed by atoms with Crippen molar-refractivity contribution in [3.8, 4) is 5.75 Å². The van der Waals surface area contributed by atoms with Gasteiger partial charge >= 0.3 is 0 Å². The van der Waals surface area contributed by atoms with Crippen LogP contribution in [0.1, 0.15) is 16.7 Å². The molecule has 0 aliphatic heterocycles. The van der Waals surface area contributed by atoms with E-state index in [0.29, 0.717) is 5.69 Å². The molecule has 14 heavy (non-hydrogen) atoms. The fraction of sp³-hybridized carbons (Fsp3) is 0.222. The van der Waals surface area contributed by atoms with Gasteiger partial charge in [-0.25, -0.2) is 0 Å². The molecule has 1 atom stereocenters. The van der Waals surface area contributed by atoms with Gasteiger partial charge in [-0.1, -0.05) is 0 Å². The molecule has 74 valence electrons.